The molecule has 5 heteroatoms. The second kappa shape index (κ2) is 13.8. The van der Waals surface area contributed by atoms with Gasteiger partial charge in [0.25, 0.3) is 0 Å². The first kappa shape index (κ1) is 35.0. The number of ether oxygens (including phenoxy) is 1. The highest BCUT2D eigenvalue weighted by atomic mass is 16.5. The van der Waals surface area contributed by atoms with Crippen LogP contribution < -0.4 is 4.74 Å². The van der Waals surface area contributed by atoms with Crippen LogP contribution in [0.15, 0.2) is 158 Å². The Bertz CT molecular complexity index is 2870. The van der Waals surface area contributed by atoms with Gasteiger partial charge >= 0.3 is 0 Å². The van der Waals surface area contributed by atoms with Gasteiger partial charge in [-0.05, 0) is 90.9 Å². The molecule has 0 bridgehead atoms. The number of fused-ring (bicyclic) bond motifs is 3. The van der Waals surface area contributed by atoms with Crippen molar-refractivity contribution in [3.8, 4) is 56.6 Å². The standard InChI is InChI=1S/C51H44N4O/c1-33-28-34(2)47(35(3)29-33)48-49(36-16-9-7-10-17-36)53-55(50(48)37-18-11-8-12-19-37)39-20-15-21-40(31-39)56-41-24-25-43-42-22-13-14-23-44(42)54(45(43)32-41)46-30-38(26-27-52-46)51(4,5)6/h7-32H,1-6H3. The third-order valence-electron chi connectivity index (χ3n) is 10.7. The van der Waals surface area contributed by atoms with Crippen molar-refractivity contribution in [1.82, 2.24) is 19.3 Å². The predicted octanol–water partition coefficient (Wildman–Crippen LogP) is 13.4. The molecule has 0 N–H and O–H groups in total. The fourth-order valence-electron chi connectivity index (χ4n) is 8.16. The topological polar surface area (TPSA) is 44.9 Å². The Morgan fingerprint density at radius 2 is 1.21 bits per heavy atom. The van der Waals surface area contributed by atoms with Gasteiger partial charge in [0.05, 0.1) is 22.4 Å². The van der Waals surface area contributed by atoms with Gasteiger partial charge in [-0.2, -0.15) is 5.10 Å². The van der Waals surface area contributed by atoms with Crippen LogP contribution in [-0.4, -0.2) is 19.3 Å². The Kier molecular flexibility index (Phi) is 8.66. The maximum Gasteiger partial charge on any atom is 0.137 e. The number of hydrogen-bond donors (Lipinski definition) is 0. The van der Waals surface area contributed by atoms with Gasteiger partial charge in [-0.3, -0.25) is 4.57 Å². The lowest BCUT2D eigenvalue weighted by Crippen LogP contribution is -2.12. The summed E-state index contributed by atoms with van der Waals surface area (Å²) in [4.78, 5) is 4.87. The van der Waals surface area contributed by atoms with Gasteiger partial charge in [0.1, 0.15) is 23.0 Å². The summed E-state index contributed by atoms with van der Waals surface area (Å²) in [5.41, 5.74) is 14.4. The summed E-state index contributed by atoms with van der Waals surface area (Å²) in [5, 5.41) is 7.77. The summed E-state index contributed by atoms with van der Waals surface area (Å²) in [7, 11) is 0. The minimum atomic E-state index is -0.00882. The lowest BCUT2D eigenvalue weighted by atomic mass is 9.88. The predicted molar refractivity (Wildman–Crippen MR) is 231 cm³/mol. The van der Waals surface area contributed by atoms with E-state index < -0.39 is 0 Å². The SMILES string of the molecule is Cc1cc(C)c(-c2c(-c3ccccc3)nn(-c3cccc(Oc4ccc5c6ccccc6n(-c6cc(C(C)(C)C)ccn6)c5c4)c3)c2-c2ccccc2)c(C)c1. The van der Waals surface area contributed by atoms with E-state index in [1.807, 2.05) is 18.3 Å². The molecule has 274 valence electrons. The molecule has 0 aliphatic rings. The number of rotatable bonds is 7. The molecule has 6 aromatic carbocycles. The van der Waals surface area contributed by atoms with E-state index in [1.54, 1.807) is 0 Å². The number of hydrogen-bond acceptors (Lipinski definition) is 3. The van der Waals surface area contributed by atoms with E-state index in [0.717, 1.165) is 67.5 Å². The van der Waals surface area contributed by atoms with Crippen LogP contribution in [-0.2, 0) is 5.41 Å². The Labute approximate surface area is 328 Å². The molecule has 3 aromatic heterocycles. The van der Waals surface area contributed by atoms with E-state index in [4.69, 9.17) is 14.8 Å². The molecular formula is C51H44N4O. The quantitative estimate of drug-likeness (QED) is 0.164. The second-order valence-corrected chi connectivity index (χ2v) is 15.8. The highest BCUT2D eigenvalue weighted by Crippen LogP contribution is 2.44. The number of pyridine rings is 1. The molecule has 9 rings (SSSR count). The van der Waals surface area contributed by atoms with E-state index in [1.165, 1.54) is 33.2 Å². The maximum absolute atomic E-state index is 6.74. The largest absolute Gasteiger partial charge is 0.457 e. The van der Waals surface area contributed by atoms with E-state index in [-0.39, 0.29) is 5.41 Å². The second-order valence-electron chi connectivity index (χ2n) is 15.8. The first-order chi connectivity index (χ1) is 27.1. The van der Waals surface area contributed by atoms with Crippen molar-refractivity contribution in [2.24, 2.45) is 0 Å². The highest BCUT2D eigenvalue weighted by molar-refractivity contribution is 6.09. The van der Waals surface area contributed by atoms with Crippen LogP contribution in [0.4, 0.5) is 0 Å². The summed E-state index contributed by atoms with van der Waals surface area (Å²) in [6.45, 7) is 13.3. The van der Waals surface area contributed by atoms with Gasteiger partial charge in [0, 0.05) is 45.8 Å². The van der Waals surface area contributed by atoms with Crippen molar-refractivity contribution in [2.75, 3.05) is 0 Å². The lowest BCUT2D eigenvalue weighted by Gasteiger charge is -2.20. The zero-order valence-electron chi connectivity index (χ0n) is 32.7. The first-order valence-electron chi connectivity index (χ1n) is 19.2. The van der Waals surface area contributed by atoms with E-state index in [2.05, 4.69) is 190 Å². The zero-order valence-corrected chi connectivity index (χ0v) is 32.7. The normalized spacial score (nSPS) is 11.8. The Hall–Kier alpha value is -6.72. The molecule has 0 amide bonds. The summed E-state index contributed by atoms with van der Waals surface area (Å²) >= 11 is 0. The maximum atomic E-state index is 6.74. The molecule has 56 heavy (non-hydrogen) atoms. The number of benzene rings is 6. The fraction of sp³-hybridized carbons (Fsp3) is 0.137. The summed E-state index contributed by atoms with van der Waals surface area (Å²) < 4.78 is 11.1. The molecule has 0 aliphatic heterocycles. The molecule has 9 aromatic rings. The number of aromatic nitrogens is 4. The minimum Gasteiger partial charge on any atom is -0.457 e. The van der Waals surface area contributed by atoms with Crippen LogP contribution >= 0.6 is 0 Å². The third-order valence-corrected chi connectivity index (χ3v) is 10.7. The summed E-state index contributed by atoms with van der Waals surface area (Å²) in [5.74, 6) is 2.35. The number of aryl methyl sites for hydroxylation is 3. The van der Waals surface area contributed by atoms with Crippen LogP contribution in [0, 0.1) is 20.8 Å². The van der Waals surface area contributed by atoms with Crippen LogP contribution in [0.5, 0.6) is 11.5 Å². The molecule has 5 nitrogen and oxygen atoms in total. The van der Waals surface area contributed by atoms with Crippen molar-refractivity contribution in [3.63, 3.8) is 0 Å². The summed E-state index contributed by atoms with van der Waals surface area (Å²) in [6, 6.07) is 53.1. The lowest BCUT2D eigenvalue weighted by molar-refractivity contribution is 0.483. The monoisotopic (exact) mass is 728 g/mol. The fourth-order valence-corrected chi connectivity index (χ4v) is 8.16. The molecule has 0 unspecified atom stereocenters. The number of nitrogens with zero attached hydrogens (tertiary/aromatic N) is 4. The van der Waals surface area contributed by atoms with Crippen LogP contribution in [0.3, 0.4) is 0 Å². The number of para-hydroxylation sites is 1. The highest BCUT2D eigenvalue weighted by Gasteiger charge is 2.26. The zero-order chi connectivity index (χ0) is 38.6. The van der Waals surface area contributed by atoms with Gasteiger partial charge in [-0.25, -0.2) is 9.67 Å². The van der Waals surface area contributed by atoms with E-state index in [9.17, 15) is 0 Å². The molecule has 0 saturated carbocycles. The average Bonchev–Trinajstić information content (AvgIpc) is 3.74. The van der Waals surface area contributed by atoms with Gasteiger partial charge in [0.15, 0.2) is 0 Å². The summed E-state index contributed by atoms with van der Waals surface area (Å²) in [6.07, 6.45) is 1.91. The van der Waals surface area contributed by atoms with Crippen LogP contribution in [0.25, 0.3) is 67.0 Å². The van der Waals surface area contributed by atoms with Crippen LogP contribution in [0.2, 0.25) is 0 Å². The molecule has 0 fully saturated rings. The average molecular weight is 729 g/mol. The van der Waals surface area contributed by atoms with Crippen LogP contribution in [0.1, 0.15) is 43.0 Å². The Balaban J connectivity index is 1.20. The molecule has 0 saturated heterocycles. The van der Waals surface area contributed by atoms with Gasteiger partial charge in [-0.1, -0.05) is 123 Å². The molecule has 0 aliphatic carbocycles. The molecule has 0 radical (unpaired) electrons. The molecular weight excluding hydrogens is 685 g/mol. The molecule has 0 atom stereocenters. The smallest absolute Gasteiger partial charge is 0.137 e. The first-order valence-corrected chi connectivity index (χ1v) is 19.2. The minimum absolute atomic E-state index is 0.00882. The van der Waals surface area contributed by atoms with Gasteiger partial charge in [0.2, 0.25) is 0 Å². The van der Waals surface area contributed by atoms with Gasteiger partial charge in [-0.15, -0.1) is 0 Å². The van der Waals surface area contributed by atoms with E-state index in [0.29, 0.717) is 0 Å². The Morgan fingerprint density at radius 3 is 1.95 bits per heavy atom. The van der Waals surface area contributed by atoms with Crippen molar-refractivity contribution >= 4 is 21.8 Å². The third kappa shape index (κ3) is 6.25. The van der Waals surface area contributed by atoms with Crippen molar-refractivity contribution in [1.29, 1.82) is 0 Å². The van der Waals surface area contributed by atoms with E-state index >= 15 is 0 Å². The van der Waals surface area contributed by atoms with Gasteiger partial charge < -0.3 is 4.74 Å². The van der Waals surface area contributed by atoms with Crippen molar-refractivity contribution in [3.05, 3.63) is 180 Å². The molecule has 0 spiro atoms. The Morgan fingerprint density at radius 1 is 0.554 bits per heavy atom. The van der Waals surface area contributed by atoms with Crippen molar-refractivity contribution in [2.45, 2.75) is 47.0 Å². The molecule has 3 heterocycles. The van der Waals surface area contributed by atoms with Crippen molar-refractivity contribution < 1.29 is 4.74 Å².